The van der Waals surface area contributed by atoms with Crippen LogP contribution in [0.2, 0.25) is 0 Å². The predicted octanol–water partition coefficient (Wildman–Crippen LogP) is 8.63. The van der Waals surface area contributed by atoms with Gasteiger partial charge in [0.2, 0.25) is 5.89 Å². The van der Waals surface area contributed by atoms with Gasteiger partial charge in [-0.25, -0.2) is 22.2 Å². The quantitative estimate of drug-likeness (QED) is 0.194. The first-order chi connectivity index (χ1) is 23.1. The van der Waals surface area contributed by atoms with Crippen molar-refractivity contribution < 1.29 is 36.3 Å². The van der Waals surface area contributed by atoms with Crippen molar-refractivity contribution in [3.63, 3.8) is 0 Å². The number of benzene rings is 3. The van der Waals surface area contributed by atoms with E-state index in [1.54, 1.807) is 19.2 Å². The first-order valence-corrected chi connectivity index (χ1v) is 18.2. The topological polar surface area (TPSA) is 122 Å². The van der Waals surface area contributed by atoms with Crippen LogP contribution in [0.15, 0.2) is 71.5 Å². The number of H-pyrrole nitrogens is 1. The van der Waals surface area contributed by atoms with Crippen molar-refractivity contribution in [3.05, 3.63) is 101 Å². The molecule has 8 nitrogen and oxygen atoms in total. The van der Waals surface area contributed by atoms with Gasteiger partial charge in [0.05, 0.1) is 22.8 Å². The van der Waals surface area contributed by atoms with Crippen molar-refractivity contribution in [3.8, 4) is 22.8 Å². The molecule has 11 heteroatoms. The number of carboxylic acids is 1. The van der Waals surface area contributed by atoms with Crippen molar-refractivity contribution in [1.29, 1.82) is 0 Å². The number of sulfone groups is 1. The van der Waals surface area contributed by atoms with Crippen molar-refractivity contribution in [2.75, 3.05) is 11.5 Å². The van der Waals surface area contributed by atoms with E-state index in [9.17, 15) is 18.3 Å². The van der Waals surface area contributed by atoms with Crippen LogP contribution in [0.1, 0.15) is 69.5 Å². The molecule has 3 heterocycles. The zero-order chi connectivity index (χ0) is 35.1. The lowest BCUT2D eigenvalue weighted by Gasteiger charge is -2.30. The molecule has 5 aromatic rings. The number of fused-ring (bicyclic) bond motifs is 8. The van der Waals surface area contributed by atoms with E-state index in [2.05, 4.69) is 4.98 Å². The van der Waals surface area contributed by atoms with Gasteiger partial charge in [0, 0.05) is 34.3 Å². The molecule has 0 amide bonds. The zero-order valence-electron chi connectivity index (χ0n) is 28.0. The molecule has 49 heavy (non-hydrogen) atoms. The Morgan fingerprint density at radius 2 is 1.86 bits per heavy atom. The van der Waals surface area contributed by atoms with Crippen LogP contribution in [0.25, 0.3) is 22.2 Å². The number of aryl methyl sites for hydroxylation is 1. The van der Waals surface area contributed by atoms with Crippen LogP contribution >= 0.6 is 0 Å². The van der Waals surface area contributed by atoms with Gasteiger partial charge in [-0.2, -0.15) is 0 Å². The summed E-state index contributed by atoms with van der Waals surface area (Å²) in [4.78, 5) is 19.4. The fourth-order valence-electron chi connectivity index (χ4n) is 6.89. The minimum absolute atomic E-state index is 0.0233. The van der Waals surface area contributed by atoms with Crippen LogP contribution in [0.5, 0.6) is 11.5 Å². The number of nitrogens with zero attached hydrogens (tertiary/aromatic N) is 1. The summed E-state index contributed by atoms with van der Waals surface area (Å²) in [6.07, 6.45) is 5.10. The van der Waals surface area contributed by atoms with E-state index >= 15 is 8.78 Å². The van der Waals surface area contributed by atoms with Crippen molar-refractivity contribution in [2.24, 2.45) is 11.3 Å². The number of aliphatic carboxylic acids is 1. The molecule has 1 aliphatic rings. The van der Waals surface area contributed by atoms with Crippen molar-refractivity contribution in [1.82, 2.24) is 9.97 Å². The van der Waals surface area contributed by atoms with Gasteiger partial charge in [-0.15, -0.1) is 0 Å². The molecule has 0 radical (unpaired) electrons. The lowest BCUT2D eigenvalue weighted by atomic mass is 9.75. The van der Waals surface area contributed by atoms with Gasteiger partial charge < -0.3 is 19.2 Å². The highest BCUT2D eigenvalue weighted by atomic mass is 32.2. The van der Waals surface area contributed by atoms with Crippen molar-refractivity contribution >= 4 is 26.7 Å². The third kappa shape index (κ3) is 7.27. The van der Waals surface area contributed by atoms with Gasteiger partial charge in [0.15, 0.2) is 21.4 Å². The van der Waals surface area contributed by atoms with E-state index < -0.39 is 44.2 Å². The molecule has 2 N–H and O–H groups in total. The number of halogens is 2. The van der Waals surface area contributed by atoms with Crippen LogP contribution < -0.4 is 4.74 Å². The molecular formula is C38H40F2N2O6S. The maximum atomic E-state index is 15.6. The molecule has 1 aliphatic heterocycles. The fourth-order valence-corrected chi connectivity index (χ4v) is 8.88. The number of rotatable bonds is 4. The second kappa shape index (κ2) is 13.1. The number of ether oxygens (including phenoxy) is 1. The summed E-state index contributed by atoms with van der Waals surface area (Å²) < 4.78 is 70.4. The standard InChI is InChI=1S/C38H40F2N2O6S/c1-23(35(43)44)17-24-7-5-8-25(18-24)38(4)14-6-13-37(2,3)22-49(45,46)16-12-28-27-11-15-41-32(27)20-31(40)34(28)48-26-9-10-30(39)29(19-26)33-21-47-36(38)42-33/h5,7-11,15,18-21,23,41H,6,12-14,16-17,22H2,1-4H3,(H,43,44)/t23-,38+/m0/s1. The third-order valence-electron chi connectivity index (χ3n) is 9.61. The molecular weight excluding hydrogens is 650 g/mol. The monoisotopic (exact) mass is 690 g/mol. The summed E-state index contributed by atoms with van der Waals surface area (Å²) in [6, 6.07) is 14.7. The summed E-state index contributed by atoms with van der Waals surface area (Å²) in [5.41, 5.74) is 1.52. The van der Waals surface area contributed by atoms with Gasteiger partial charge in [-0.1, -0.05) is 51.5 Å². The number of hydrogen-bond donors (Lipinski definition) is 2. The molecule has 2 atom stereocenters. The predicted molar refractivity (Wildman–Crippen MR) is 184 cm³/mol. The third-order valence-corrected chi connectivity index (χ3v) is 11.7. The summed E-state index contributed by atoms with van der Waals surface area (Å²) in [7, 11) is -3.59. The van der Waals surface area contributed by atoms with Gasteiger partial charge in [-0.05, 0) is 73.4 Å². The normalized spacial score (nSPS) is 20.0. The molecule has 258 valence electrons. The Morgan fingerprint density at radius 1 is 1.06 bits per heavy atom. The Kier molecular flexibility index (Phi) is 9.17. The number of oxazole rings is 1. The molecule has 0 unspecified atom stereocenters. The number of carboxylic acid groups (broad SMARTS) is 1. The van der Waals surface area contributed by atoms with Gasteiger partial charge in [0.25, 0.3) is 0 Å². The summed E-state index contributed by atoms with van der Waals surface area (Å²) in [5, 5.41) is 10.1. The highest BCUT2D eigenvalue weighted by Gasteiger charge is 2.36. The molecule has 3 aromatic carbocycles. The number of aromatic nitrogens is 2. The van der Waals surface area contributed by atoms with Crippen LogP contribution in [-0.4, -0.2) is 41.0 Å². The molecule has 6 rings (SSSR count). The van der Waals surface area contributed by atoms with E-state index in [1.165, 1.54) is 30.5 Å². The van der Waals surface area contributed by atoms with Crippen molar-refractivity contribution in [2.45, 2.75) is 65.2 Å². The van der Waals surface area contributed by atoms with Gasteiger partial charge in [-0.3, -0.25) is 4.79 Å². The summed E-state index contributed by atoms with van der Waals surface area (Å²) in [6.45, 7) is 7.48. The minimum Gasteiger partial charge on any atom is -0.481 e. The molecule has 0 spiro atoms. The molecule has 2 aromatic heterocycles. The highest BCUT2D eigenvalue weighted by Crippen LogP contribution is 2.42. The number of aromatic amines is 1. The van der Waals surface area contributed by atoms with E-state index in [1.807, 2.05) is 45.0 Å². The van der Waals surface area contributed by atoms with Crippen LogP contribution in [0.3, 0.4) is 0 Å². The smallest absolute Gasteiger partial charge is 0.306 e. The van der Waals surface area contributed by atoms with E-state index in [-0.39, 0.29) is 40.7 Å². The molecule has 4 bridgehead atoms. The van der Waals surface area contributed by atoms with Gasteiger partial charge >= 0.3 is 5.97 Å². The van der Waals surface area contributed by atoms with E-state index in [0.717, 1.165) is 11.1 Å². The second-order valence-electron chi connectivity index (χ2n) is 14.2. The van der Waals surface area contributed by atoms with Crippen LogP contribution in [0, 0.1) is 23.0 Å². The number of hydrogen-bond acceptors (Lipinski definition) is 6. The lowest BCUT2D eigenvalue weighted by molar-refractivity contribution is -0.141. The fraction of sp³-hybridized carbons (Fsp3) is 0.368. The number of nitrogens with one attached hydrogen (secondary N) is 1. The molecule has 0 saturated carbocycles. The van der Waals surface area contributed by atoms with Crippen LogP contribution in [0.4, 0.5) is 8.78 Å². The first kappa shape index (κ1) is 34.4. The SMILES string of the molecule is C[C@@H](Cc1cccc([C@@]2(C)CCCC(C)(C)CS(=O)(=O)CCc3c(c(F)cc4[nH]ccc34)Oc3ccc(F)c(c3)-c3coc2n3)c1)C(=O)O. The average molecular weight is 691 g/mol. The molecule has 0 aliphatic carbocycles. The van der Waals surface area contributed by atoms with Crippen LogP contribution in [-0.2, 0) is 32.9 Å². The Balaban J connectivity index is 1.47. The zero-order valence-corrected chi connectivity index (χ0v) is 28.8. The Bertz CT molecular complexity index is 2140. The second-order valence-corrected chi connectivity index (χ2v) is 16.4. The largest absolute Gasteiger partial charge is 0.481 e. The highest BCUT2D eigenvalue weighted by molar-refractivity contribution is 7.91. The first-order valence-electron chi connectivity index (χ1n) is 16.4. The van der Waals surface area contributed by atoms with E-state index in [4.69, 9.17) is 14.1 Å². The average Bonchev–Trinajstić information content (AvgIpc) is 3.71. The molecule has 0 saturated heterocycles. The molecule has 0 fully saturated rings. The summed E-state index contributed by atoms with van der Waals surface area (Å²) >= 11 is 0. The maximum absolute atomic E-state index is 15.6. The summed E-state index contributed by atoms with van der Waals surface area (Å²) in [5.74, 6) is -2.65. The van der Waals surface area contributed by atoms with E-state index in [0.29, 0.717) is 48.0 Å². The Hall–Kier alpha value is -4.51. The maximum Gasteiger partial charge on any atom is 0.306 e. The van der Waals surface area contributed by atoms with Gasteiger partial charge in [0.1, 0.15) is 23.5 Å². The Morgan fingerprint density at radius 3 is 2.63 bits per heavy atom. The minimum atomic E-state index is -3.59. The lowest BCUT2D eigenvalue weighted by Crippen LogP contribution is -2.29. The Labute approximate surface area is 284 Å². The number of carbonyl (C=O) groups is 1.